The van der Waals surface area contributed by atoms with Crippen LogP contribution in [0.25, 0.3) is 10.9 Å². The minimum Gasteiger partial charge on any atom is -0.488 e. The van der Waals surface area contributed by atoms with Gasteiger partial charge in [0.15, 0.2) is 0 Å². The van der Waals surface area contributed by atoms with E-state index in [2.05, 4.69) is 6.07 Å². The van der Waals surface area contributed by atoms with Crippen molar-refractivity contribution in [3.8, 4) is 5.75 Å². The predicted molar refractivity (Wildman–Crippen MR) is 78.8 cm³/mol. The minimum absolute atomic E-state index is 0.0281. The van der Waals surface area contributed by atoms with Crippen LogP contribution in [0.4, 0.5) is 0 Å². The highest BCUT2D eigenvalue weighted by Gasteiger charge is 2.07. The van der Waals surface area contributed by atoms with Crippen molar-refractivity contribution in [2.75, 3.05) is 0 Å². The van der Waals surface area contributed by atoms with Gasteiger partial charge in [0.2, 0.25) is 0 Å². The van der Waals surface area contributed by atoms with Gasteiger partial charge in [-0.15, -0.1) is 0 Å². The first kappa shape index (κ1) is 12.5. The summed E-state index contributed by atoms with van der Waals surface area (Å²) in [6.07, 6.45) is 0. The highest BCUT2D eigenvalue weighted by atomic mass is 16.5. The Kier molecular flexibility index (Phi) is 3.25. The summed E-state index contributed by atoms with van der Waals surface area (Å²) < 4.78 is 7.26. The van der Waals surface area contributed by atoms with E-state index in [1.807, 2.05) is 48.5 Å². The summed E-state index contributed by atoms with van der Waals surface area (Å²) in [5.41, 5.74) is 1.54. The number of nitrogens with zero attached hydrogens (tertiary/aromatic N) is 1. The molecule has 0 bridgehead atoms. The molecule has 0 fully saturated rings. The molecule has 1 radical (unpaired) electrons. The molecule has 99 valence electrons. The largest absolute Gasteiger partial charge is 0.488 e. The van der Waals surface area contributed by atoms with Gasteiger partial charge >= 0.3 is 0 Å². The second kappa shape index (κ2) is 5.21. The maximum absolute atomic E-state index is 12.3. The first-order valence-corrected chi connectivity index (χ1v) is 6.43. The lowest BCUT2D eigenvalue weighted by Gasteiger charge is -2.09. The van der Waals surface area contributed by atoms with Gasteiger partial charge in [-0.25, -0.2) is 0 Å². The van der Waals surface area contributed by atoms with Crippen LogP contribution in [0.3, 0.4) is 0 Å². The number of rotatable bonds is 3. The van der Waals surface area contributed by atoms with E-state index < -0.39 is 0 Å². The summed E-state index contributed by atoms with van der Waals surface area (Å²) in [6.45, 7) is 0.248. The van der Waals surface area contributed by atoms with Crippen molar-refractivity contribution < 1.29 is 4.74 Å². The number of pyridine rings is 1. The maximum atomic E-state index is 12.3. The zero-order valence-corrected chi connectivity index (χ0v) is 11.2. The molecule has 3 heteroatoms. The van der Waals surface area contributed by atoms with Crippen molar-refractivity contribution in [2.45, 2.75) is 6.61 Å². The number of ether oxygens (including phenoxy) is 1. The Morgan fingerprint density at radius 1 is 1.15 bits per heavy atom. The Labute approximate surface area is 117 Å². The molecule has 0 atom stereocenters. The number of para-hydroxylation sites is 2. The maximum Gasteiger partial charge on any atom is 0.257 e. The molecule has 0 spiro atoms. The van der Waals surface area contributed by atoms with Crippen LogP contribution in [-0.2, 0) is 13.7 Å². The third kappa shape index (κ3) is 2.30. The quantitative estimate of drug-likeness (QED) is 0.728. The van der Waals surface area contributed by atoms with Gasteiger partial charge in [0.25, 0.3) is 5.56 Å². The second-order valence-corrected chi connectivity index (χ2v) is 4.61. The Morgan fingerprint density at radius 2 is 1.95 bits per heavy atom. The Hall–Kier alpha value is -2.55. The van der Waals surface area contributed by atoms with Crippen LogP contribution < -0.4 is 10.3 Å². The summed E-state index contributed by atoms with van der Waals surface area (Å²) in [6, 6.07) is 20.1. The van der Waals surface area contributed by atoms with Gasteiger partial charge in [-0.05, 0) is 23.6 Å². The van der Waals surface area contributed by atoms with Crippen LogP contribution >= 0.6 is 0 Å². The third-order valence-corrected chi connectivity index (χ3v) is 3.27. The molecule has 0 saturated carbocycles. The highest BCUT2D eigenvalue weighted by Crippen LogP contribution is 2.14. The molecule has 0 amide bonds. The van der Waals surface area contributed by atoms with Crippen molar-refractivity contribution >= 4 is 10.9 Å². The Bertz CT molecular complexity index is 791. The van der Waals surface area contributed by atoms with Gasteiger partial charge in [0, 0.05) is 13.1 Å². The lowest BCUT2D eigenvalue weighted by molar-refractivity contribution is 0.303. The molecular formula is C17H14NO2. The lowest BCUT2D eigenvalue weighted by atomic mass is 10.1. The minimum atomic E-state index is -0.0281. The van der Waals surface area contributed by atoms with Crippen LogP contribution in [0.1, 0.15) is 5.56 Å². The zero-order chi connectivity index (χ0) is 13.9. The van der Waals surface area contributed by atoms with E-state index in [4.69, 9.17) is 4.74 Å². The molecular weight excluding hydrogens is 250 g/mol. The normalized spacial score (nSPS) is 10.7. The molecule has 3 rings (SSSR count). The van der Waals surface area contributed by atoms with Crippen LogP contribution in [0.15, 0.2) is 59.4 Å². The molecule has 3 nitrogen and oxygen atoms in total. The molecule has 0 aliphatic rings. The average Bonchev–Trinajstić information content (AvgIpc) is 2.50. The standard InChI is InChI=1S/C17H14NO2/c1-18-16-10-6-5-7-13(16)11-14(17(18)19)12-20-15-8-3-2-4-9-15/h2-8,10-11H,12H2,1H3. The summed E-state index contributed by atoms with van der Waals surface area (Å²) in [7, 11) is 1.78. The lowest BCUT2D eigenvalue weighted by Crippen LogP contribution is -2.22. The van der Waals surface area contributed by atoms with Gasteiger partial charge < -0.3 is 9.30 Å². The summed E-state index contributed by atoms with van der Waals surface area (Å²) >= 11 is 0. The smallest absolute Gasteiger partial charge is 0.257 e. The van der Waals surface area contributed by atoms with Gasteiger partial charge in [-0.3, -0.25) is 4.79 Å². The fraction of sp³-hybridized carbons (Fsp3) is 0.118. The monoisotopic (exact) mass is 264 g/mol. The van der Waals surface area contributed by atoms with Gasteiger partial charge in [0.05, 0.1) is 11.1 Å². The third-order valence-electron chi connectivity index (χ3n) is 3.27. The molecule has 0 aliphatic heterocycles. The topological polar surface area (TPSA) is 31.2 Å². The summed E-state index contributed by atoms with van der Waals surface area (Å²) in [5, 5.41) is 1.03. The molecule has 20 heavy (non-hydrogen) atoms. The molecule has 0 saturated heterocycles. The van der Waals surface area contributed by atoms with Gasteiger partial charge in [0.1, 0.15) is 12.4 Å². The van der Waals surface area contributed by atoms with Gasteiger partial charge in [-0.1, -0.05) is 36.4 Å². The molecule has 1 heterocycles. The Morgan fingerprint density at radius 3 is 2.75 bits per heavy atom. The number of hydrogen-bond donors (Lipinski definition) is 0. The van der Waals surface area contributed by atoms with Crippen LogP contribution in [-0.4, -0.2) is 4.57 Å². The second-order valence-electron chi connectivity index (χ2n) is 4.61. The fourth-order valence-corrected chi connectivity index (χ4v) is 2.21. The van der Waals surface area contributed by atoms with E-state index in [9.17, 15) is 4.79 Å². The van der Waals surface area contributed by atoms with E-state index in [1.54, 1.807) is 17.7 Å². The number of fused-ring (bicyclic) bond motifs is 1. The summed E-state index contributed by atoms with van der Waals surface area (Å²) in [5.74, 6) is 0.641. The predicted octanol–water partition coefficient (Wildman–Crippen LogP) is 2.92. The number of benzene rings is 2. The van der Waals surface area contributed by atoms with Crippen molar-refractivity contribution in [3.05, 3.63) is 76.6 Å². The molecule has 0 aliphatic carbocycles. The SMILES string of the molecule is Cn1c(=O)c(COc2[c]cccc2)cc2ccccc21. The van der Waals surface area contributed by atoms with Crippen LogP contribution in [0.5, 0.6) is 5.75 Å². The molecule has 1 aromatic heterocycles. The zero-order valence-electron chi connectivity index (χ0n) is 11.2. The van der Waals surface area contributed by atoms with Crippen LogP contribution in [0.2, 0.25) is 0 Å². The molecule has 0 N–H and O–H groups in total. The molecule has 2 aromatic carbocycles. The number of hydrogen-bond acceptors (Lipinski definition) is 2. The highest BCUT2D eigenvalue weighted by molar-refractivity contribution is 5.79. The van der Waals surface area contributed by atoms with Crippen molar-refractivity contribution in [1.82, 2.24) is 4.57 Å². The fourth-order valence-electron chi connectivity index (χ4n) is 2.21. The van der Waals surface area contributed by atoms with E-state index in [0.717, 1.165) is 10.9 Å². The van der Waals surface area contributed by atoms with E-state index in [0.29, 0.717) is 11.3 Å². The van der Waals surface area contributed by atoms with E-state index >= 15 is 0 Å². The van der Waals surface area contributed by atoms with E-state index in [-0.39, 0.29) is 12.2 Å². The molecule has 3 aromatic rings. The van der Waals surface area contributed by atoms with Gasteiger partial charge in [-0.2, -0.15) is 0 Å². The van der Waals surface area contributed by atoms with E-state index in [1.165, 1.54) is 0 Å². The first-order valence-electron chi connectivity index (χ1n) is 6.43. The van der Waals surface area contributed by atoms with Crippen molar-refractivity contribution in [3.63, 3.8) is 0 Å². The molecule has 0 unspecified atom stereocenters. The van der Waals surface area contributed by atoms with Crippen molar-refractivity contribution in [1.29, 1.82) is 0 Å². The average molecular weight is 264 g/mol. The van der Waals surface area contributed by atoms with Crippen molar-refractivity contribution in [2.24, 2.45) is 7.05 Å². The van der Waals surface area contributed by atoms with Crippen LogP contribution in [0, 0.1) is 6.07 Å². The number of aromatic nitrogens is 1. The Balaban J connectivity index is 1.96. The number of aryl methyl sites for hydroxylation is 1. The summed E-state index contributed by atoms with van der Waals surface area (Å²) in [4.78, 5) is 12.3. The first-order chi connectivity index (χ1) is 9.75.